The van der Waals surface area contributed by atoms with E-state index in [1.165, 1.54) is 0 Å². The summed E-state index contributed by atoms with van der Waals surface area (Å²) in [7, 11) is 1.59. The molecule has 0 radical (unpaired) electrons. The summed E-state index contributed by atoms with van der Waals surface area (Å²) < 4.78 is 4.98. The molecular weight excluding hydrogens is 292 g/mol. The van der Waals surface area contributed by atoms with Crippen LogP contribution < -0.4 is 10.6 Å². The lowest BCUT2D eigenvalue weighted by molar-refractivity contribution is 0.0905. The van der Waals surface area contributed by atoms with Crippen LogP contribution in [0.25, 0.3) is 0 Å². The number of methoxy groups -OCH3 is 1. The van der Waals surface area contributed by atoms with Crippen LogP contribution in [0.2, 0.25) is 0 Å². The number of hydrogen-bond acceptors (Lipinski definition) is 3. The van der Waals surface area contributed by atoms with Crippen molar-refractivity contribution in [1.29, 1.82) is 0 Å². The second-order valence-corrected chi connectivity index (χ2v) is 5.23. The summed E-state index contributed by atoms with van der Waals surface area (Å²) in [5.41, 5.74) is 1.76. The van der Waals surface area contributed by atoms with Gasteiger partial charge in [0, 0.05) is 30.0 Å². The lowest BCUT2D eigenvalue weighted by Gasteiger charge is -2.13. The highest BCUT2D eigenvalue weighted by Crippen LogP contribution is 2.11. The molecule has 0 saturated carbocycles. The van der Waals surface area contributed by atoms with Crippen LogP contribution in [0.1, 0.15) is 27.6 Å². The fourth-order valence-electron chi connectivity index (χ4n) is 2.10. The molecule has 0 aliphatic rings. The summed E-state index contributed by atoms with van der Waals surface area (Å²) in [4.78, 5) is 24.1. The molecule has 2 N–H and O–H groups in total. The Balaban J connectivity index is 1.97. The molecule has 2 aromatic rings. The van der Waals surface area contributed by atoms with Gasteiger partial charge in [-0.3, -0.25) is 9.59 Å². The molecule has 120 valence electrons. The van der Waals surface area contributed by atoms with Crippen LogP contribution in [0.15, 0.2) is 54.6 Å². The van der Waals surface area contributed by atoms with E-state index in [1.807, 2.05) is 25.1 Å². The van der Waals surface area contributed by atoms with Crippen LogP contribution >= 0.6 is 0 Å². The molecule has 5 heteroatoms. The Morgan fingerprint density at radius 2 is 1.57 bits per heavy atom. The summed E-state index contributed by atoms with van der Waals surface area (Å²) >= 11 is 0. The van der Waals surface area contributed by atoms with Gasteiger partial charge in [0.05, 0.1) is 6.61 Å². The molecule has 2 aromatic carbocycles. The van der Waals surface area contributed by atoms with Gasteiger partial charge in [-0.2, -0.15) is 0 Å². The van der Waals surface area contributed by atoms with E-state index in [0.717, 1.165) is 0 Å². The van der Waals surface area contributed by atoms with Gasteiger partial charge < -0.3 is 15.4 Å². The predicted molar refractivity (Wildman–Crippen MR) is 89.6 cm³/mol. The van der Waals surface area contributed by atoms with Crippen LogP contribution in [-0.2, 0) is 4.74 Å². The monoisotopic (exact) mass is 312 g/mol. The third-order valence-electron chi connectivity index (χ3n) is 3.24. The quantitative estimate of drug-likeness (QED) is 0.862. The van der Waals surface area contributed by atoms with Crippen molar-refractivity contribution in [3.8, 4) is 0 Å². The molecule has 2 rings (SSSR count). The Morgan fingerprint density at radius 3 is 2.17 bits per heavy atom. The zero-order chi connectivity index (χ0) is 16.7. The van der Waals surface area contributed by atoms with Crippen molar-refractivity contribution >= 4 is 17.5 Å². The van der Waals surface area contributed by atoms with E-state index in [0.29, 0.717) is 23.4 Å². The number of anilines is 1. The Bertz CT molecular complexity index is 654. The molecular formula is C18H20N2O3. The minimum Gasteiger partial charge on any atom is -0.383 e. The van der Waals surface area contributed by atoms with E-state index in [2.05, 4.69) is 10.6 Å². The van der Waals surface area contributed by atoms with Gasteiger partial charge in [0.15, 0.2) is 0 Å². The first-order chi connectivity index (χ1) is 11.1. The van der Waals surface area contributed by atoms with E-state index in [9.17, 15) is 9.59 Å². The van der Waals surface area contributed by atoms with Crippen molar-refractivity contribution in [1.82, 2.24) is 5.32 Å². The lowest BCUT2D eigenvalue weighted by Crippen LogP contribution is -2.35. The largest absolute Gasteiger partial charge is 0.383 e. The maximum absolute atomic E-state index is 12.0. The Morgan fingerprint density at radius 1 is 0.957 bits per heavy atom. The maximum Gasteiger partial charge on any atom is 0.255 e. The molecule has 0 spiro atoms. The van der Waals surface area contributed by atoms with Gasteiger partial charge in [-0.25, -0.2) is 0 Å². The molecule has 1 unspecified atom stereocenters. The summed E-state index contributed by atoms with van der Waals surface area (Å²) in [5, 5.41) is 5.63. The van der Waals surface area contributed by atoms with E-state index in [1.54, 1.807) is 43.5 Å². The number of hydrogen-bond donors (Lipinski definition) is 2. The van der Waals surface area contributed by atoms with Gasteiger partial charge >= 0.3 is 0 Å². The molecule has 0 aliphatic heterocycles. The molecule has 5 nitrogen and oxygen atoms in total. The molecule has 0 saturated heterocycles. The summed E-state index contributed by atoms with van der Waals surface area (Å²) in [6.45, 7) is 2.33. The van der Waals surface area contributed by atoms with E-state index in [4.69, 9.17) is 4.74 Å². The van der Waals surface area contributed by atoms with Crippen LogP contribution in [0, 0.1) is 0 Å². The Labute approximate surface area is 135 Å². The fraction of sp³-hybridized carbons (Fsp3) is 0.222. The van der Waals surface area contributed by atoms with Gasteiger partial charge in [0.1, 0.15) is 0 Å². The van der Waals surface area contributed by atoms with Gasteiger partial charge in [0.2, 0.25) is 0 Å². The lowest BCUT2D eigenvalue weighted by atomic mass is 10.1. The van der Waals surface area contributed by atoms with Gasteiger partial charge in [0.25, 0.3) is 11.8 Å². The molecule has 0 heterocycles. The molecule has 0 fully saturated rings. The van der Waals surface area contributed by atoms with Crippen LogP contribution in [0.3, 0.4) is 0 Å². The van der Waals surface area contributed by atoms with Crippen molar-refractivity contribution in [2.75, 3.05) is 19.0 Å². The zero-order valence-corrected chi connectivity index (χ0v) is 13.2. The van der Waals surface area contributed by atoms with Crippen LogP contribution in [0.5, 0.6) is 0 Å². The average molecular weight is 312 g/mol. The first-order valence-corrected chi connectivity index (χ1v) is 7.36. The summed E-state index contributed by atoms with van der Waals surface area (Å²) in [6, 6.07) is 15.7. The minimum absolute atomic E-state index is 0.0649. The highest BCUT2D eigenvalue weighted by atomic mass is 16.5. The van der Waals surface area contributed by atoms with Crippen LogP contribution in [-0.4, -0.2) is 31.6 Å². The SMILES string of the molecule is COCC(C)NC(=O)c1ccc(NC(=O)c2ccccc2)cc1. The first kappa shape index (κ1) is 16.7. The highest BCUT2D eigenvalue weighted by molar-refractivity contribution is 6.04. The van der Waals surface area contributed by atoms with E-state index in [-0.39, 0.29) is 17.9 Å². The number of benzene rings is 2. The maximum atomic E-state index is 12.0. The Hall–Kier alpha value is -2.66. The molecule has 0 aliphatic carbocycles. The van der Waals surface area contributed by atoms with Crippen molar-refractivity contribution in [2.45, 2.75) is 13.0 Å². The minimum atomic E-state index is -0.184. The van der Waals surface area contributed by atoms with E-state index < -0.39 is 0 Å². The van der Waals surface area contributed by atoms with Crippen LogP contribution in [0.4, 0.5) is 5.69 Å². The van der Waals surface area contributed by atoms with Gasteiger partial charge in [-0.05, 0) is 43.3 Å². The summed E-state index contributed by atoms with van der Waals surface area (Å²) in [5.74, 6) is -0.355. The normalized spacial score (nSPS) is 11.6. The number of rotatable bonds is 6. The molecule has 1 atom stereocenters. The van der Waals surface area contributed by atoms with Crippen molar-refractivity contribution in [3.63, 3.8) is 0 Å². The third-order valence-corrected chi connectivity index (χ3v) is 3.24. The number of amides is 2. The third kappa shape index (κ3) is 4.93. The molecule has 0 bridgehead atoms. The number of carbonyl (C=O) groups excluding carboxylic acids is 2. The number of nitrogens with one attached hydrogen (secondary N) is 2. The van der Waals surface area contributed by atoms with Crippen molar-refractivity contribution in [3.05, 3.63) is 65.7 Å². The van der Waals surface area contributed by atoms with Gasteiger partial charge in [-0.1, -0.05) is 18.2 Å². The van der Waals surface area contributed by atoms with Crippen molar-refractivity contribution < 1.29 is 14.3 Å². The number of carbonyl (C=O) groups is 2. The molecule has 0 aromatic heterocycles. The fourth-order valence-corrected chi connectivity index (χ4v) is 2.10. The zero-order valence-electron chi connectivity index (χ0n) is 13.2. The molecule has 2 amide bonds. The summed E-state index contributed by atoms with van der Waals surface area (Å²) in [6.07, 6.45) is 0. The smallest absolute Gasteiger partial charge is 0.255 e. The predicted octanol–water partition coefficient (Wildman–Crippen LogP) is 2.70. The van der Waals surface area contributed by atoms with Gasteiger partial charge in [-0.15, -0.1) is 0 Å². The second-order valence-electron chi connectivity index (χ2n) is 5.23. The second kappa shape index (κ2) is 8.10. The first-order valence-electron chi connectivity index (χ1n) is 7.36. The molecule has 23 heavy (non-hydrogen) atoms. The average Bonchev–Trinajstić information content (AvgIpc) is 2.56. The number of ether oxygens (including phenoxy) is 1. The van der Waals surface area contributed by atoms with E-state index >= 15 is 0 Å². The Kier molecular flexibility index (Phi) is 5.88. The highest BCUT2D eigenvalue weighted by Gasteiger charge is 2.10. The standard InChI is InChI=1S/C18H20N2O3/c1-13(12-23-2)19-17(21)15-8-10-16(11-9-15)20-18(22)14-6-4-3-5-7-14/h3-11,13H,12H2,1-2H3,(H,19,21)(H,20,22). The van der Waals surface area contributed by atoms with Crippen molar-refractivity contribution in [2.24, 2.45) is 0 Å². The topological polar surface area (TPSA) is 67.4 Å².